The molecule has 2 aromatic rings. The summed E-state index contributed by atoms with van der Waals surface area (Å²) >= 11 is 0. The second-order valence-corrected chi connectivity index (χ2v) is 7.07. The Bertz CT molecular complexity index is 860. The van der Waals surface area contributed by atoms with E-state index in [0.29, 0.717) is 29.1 Å². The molecular formula is C19H25N5O3. The second kappa shape index (κ2) is 7.77. The van der Waals surface area contributed by atoms with E-state index in [1.54, 1.807) is 31.1 Å². The van der Waals surface area contributed by atoms with Gasteiger partial charge in [-0.25, -0.2) is 9.78 Å². The number of piperidine rings is 1. The summed E-state index contributed by atoms with van der Waals surface area (Å²) in [6.07, 6.45) is 6.15. The number of ether oxygens (including phenoxy) is 1. The fraction of sp³-hybridized carbons (Fsp3) is 0.474. The maximum Gasteiger partial charge on any atom is 0.340 e. The van der Waals surface area contributed by atoms with E-state index in [2.05, 4.69) is 26.8 Å². The summed E-state index contributed by atoms with van der Waals surface area (Å²) in [5, 5.41) is 3.90. The molecule has 3 heterocycles. The molecule has 2 N–H and O–H groups in total. The first kappa shape index (κ1) is 18.9. The molecule has 27 heavy (non-hydrogen) atoms. The van der Waals surface area contributed by atoms with Gasteiger partial charge in [-0.1, -0.05) is 6.58 Å². The number of anilines is 1. The number of likely N-dealkylation sites (tertiary alicyclic amines) is 1. The smallest absolute Gasteiger partial charge is 0.340 e. The van der Waals surface area contributed by atoms with Crippen LogP contribution in [0.25, 0.3) is 11.0 Å². The number of fused-ring (bicyclic) bond motifs is 1. The molecule has 8 nitrogen and oxygen atoms in total. The molecule has 0 aliphatic carbocycles. The number of rotatable bonds is 5. The molecule has 0 aromatic carbocycles. The Hall–Kier alpha value is -2.90. The van der Waals surface area contributed by atoms with Crippen LogP contribution in [0.3, 0.4) is 0 Å². The van der Waals surface area contributed by atoms with Crippen molar-refractivity contribution in [2.45, 2.75) is 51.8 Å². The lowest BCUT2D eigenvalue weighted by Crippen LogP contribution is -2.49. The average Bonchev–Trinajstić information content (AvgIpc) is 3.05. The lowest BCUT2D eigenvalue weighted by Gasteiger charge is -2.37. The number of carbonyl (C=O) groups excluding carboxylic acids is 2. The molecule has 1 amide bonds. The monoisotopic (exact) mass is 371 g/mol. The SMILES string of the molecule is C=CC(=O)N1C[C@H](Nc2ncc3c(C(=O)OC(C)C)c[nH]c3n2)CC[C@@H]1C. The first-order valence-corrected chi connectivity index (χ1v) is 9.13. The summed E-state index contributed by atoms with van der Waals surface area (Å²) in [6, 6.07) is 0.248. The normalized spacial score (nSPS) is 19.9. The molecule has 3 rings (SSSR count). The van der Waals surface area contributed by atoms with E-state index < -0.39 is 5.97 Å². The molecule has 144 valence electrons. The molecule has 8 heteroatoms. The van der Waals surface area contributed by atoms with Crippen molar-refractivity contribution < 1.29 is 14.3 Å². The van der Waals surface area contributed by atoms with Crippen LogP contribution in [0, 0.1) is 0 Å². The fourth-order valence-electron chi connectivity index (χ4n) is 3.25. The third-order valence-electron chi connectivity index (χ3n) is 4.67. The molecule has 2 aromatic heterocycles. The number of hydrogen-bond acceptors (Lipinski definition) is 6. The molecule has 0 unspecified atom stereocenters. The summed E-state index contributed by atoms with van der Waals surface area (Å²) in [4.78, 5) is 37.7. The van der Waals surface area contributed by atoms with Gasteiger partial charge in [0.1, 0.15) is 5.65 Å². The Morgan fingerprint density at radius 3 is 2.93 bits per heavy atom. The highest BCUT2D eigenvalue weighted by molar-refractivity contribution is 6.03. The first-order chi connectivity index (χ1) is 12.9. The van der Waals surface area contributed by atoms with Gasteiger partial charge in [-0.2, -0.15) is 4.98 Å². The molecule has 1 saturated heterocycles. The van der Waals surface area contributed by atoms with Gasteiger partial charge in [0.25, 0.3) is 0 Å². The molecular weight excluding hydrogens is 346 g/mol. The van der Waals surface area contributed by atoms with Gasteiger partial charge < -0.3 is 19.9 Å². The Kier molecular flexibility index (Phi) is 5.43. The van der Waals surface area contributed by atoms with Crippen molar-refractivity contribution >= 4 is 28.9 Å². The summed E-state index contributed by atoms with van der Waals surface area (Å²) in [7, 11) is 0. The quantitative estimate of drug-likeness (QED) is 0.619. The first-order valence-electron chi connectivity index (χ1n) is 9.13. The van der Waals surface area contributed by atoms with Gasteiger partial charge in [-0.3, -0.25) is 4.79 Å². The second-order valence-electron chi connectivity index (χ2n) is 7.07. The Labute approximate surface area is 158 Å². The zero-order valence-corrected chi connectivity index (χ0v) is 15.9. The predicted octanol–water partition coefficient (Wildman–Crippen LogP) is 2.50. The van der Waals surface area contributed by atoms with Crippen molar-refractivity contribution in [2.75, 3.05) is 11.9 Å². The number of esters is 1. The summed E-state index contributed by atoms with van der Waals surface area (Å²) in [5.41, 5.74) is 0.978. The Morgan fingerprint density at radius 2 is 2.22 bits per heavy atom. The minimum Gasteiger partial charge on any atom is -0.459 e. The van der Waals surface area contributed by atoms with Crippen LogP contribution in [0.1, 0.15) is 44.0 Å². The lowest BCUT2D eigenvalue weighted by atomic mass is 9.99. The van der Waals surface area contributed by atoms with Gasteiger partial charge in [0.2, 0.25) is 11.9 Å². The highest BCUT2D eigenvalue weighted by Gasteiger charge is 2.28. The van der Waals surface area contributed by atoms with Crippen molar-refractivity contribution in [3.63, 3.8) is 0 Å². The molecule has 2 atom stereocenters. The number of carbonyl (C=O) groups is 2. The van der Waals surface area contributed by atoms with E-state index in [0.717, 1.165) is 12.8 Å². The van der Waals surface area contributed by atoms with Crippen molar-refractivity contribution in [3.05, 3.63) is 30.6 Å². The van der Waals surface area contributed by atoms with E-state index in [1.807, 2.05) is 6.92 Å². The van der Waals surface area contributed by atoms with E-state index >= 15 is 0 Å². The average molecular weight is 371 g/mol. The highest BCUT2D eigenvalue weighted by atomic mass is 16.5. The maximum absolute atomic E-state index is 12.1. The maximum atomic E-state index is 12.1. The molecule has 0 bridgehead atoms. The van der Waals surface area contributed by atoms with E-state index in [-0.39, 0.29) is 24.1 Å². The molecule has 1 aliphatic heterocycles. The molecule has 1 fully saturated rings. The van der Waals surface area contributed by atoms with E-state index in [1.165, 1.54) is 6.08 Å². The minimum absolute atomic E-state index is 0.0582. The highest BCUT2D eigenvalue weighted by Crippen LogP contribution is 2.22. The zero-order chi connectivity index (χ0) is 19.6. The van der Waals surface area contributed by atoms with Crippen LogP contribution in [0.15, 0.2) is 25.0 Å². The van der Waals surface area contributed by atoms with E-state index in [9.17, 15) is 9.59 Å². The molecule has 0 spiro atoms. The predicted molar refractivity (Wildman–Crippen MR) is 102 cm³/mol. The van der Waals surface area contributed by atoms with Crippen molar-refractivity contribution in [1.82, 2.24) is 19.9 Å². The number of hydrogen-bond donors (Lipinski definition) is 2. The van der Waals surface area contributed by atoms with Gasteiger partial charge in [0, 0.05) is 31.0 Å². The summed E-state index contributed by atoms with van der Waals surface area (Å²) in [5.74, 6) is -0.0119. The van der Waals surface area contributed by atoms with Crippen LogP contribution in [0.4, 0.5) is 5.95 Å². The largest absolute Gasteiger partial charge is 0.459 e. The number of amides is 1. The van der Waals surface area contributed by atoms with Crippen LogP contribution >= 0.6 is 0 Å². The Balaban J connectivity index is 1.74. The topological polar surface area (TPSA) is 100 Å². The zero-order valence-electron chi connectivity index (χ0n) is 15.9. The number of nitrogens with zero attached hydrogens (tertiary/aromatic N) is 3. The van der Waals surface area contributed by atoms with Gasteiger partial charge in [-0.15, -0.1) is 0 Å². The van der Waals surface area contributed by atoms with Crippen LogP contribution < -0.4 is 5.32 Å². The third-order valence-corrected chi connectivity index (χ3v) is 4.67. The van der Waals surface area contributed by atoms with Crippen LogP contribution in [0.5, 0.6) is 0 Å². The summed E-state index contributed by atoms with van der Waals surface area (Å²) in [6.45, 7) is 9.79. The van der Waals surface area contributed by atoms with Crippen LogP contribution in [-0.2, 0) is 9.53 Å². The summed E-state index contributed by atoms with van der Waals surface area (Å²) < 4.78 is 5.23. The third kappa shape index (κ3) is 4.10. The van der Waals surface area contributed by atoms with Crippen LogP contribution in [0.2, 0.25) is 0 Å². The van der Waals surface area contributed by atoms with Gasteiger partial charge in [0.15, 0.2) is 0 Å². The van der Waals surface area contributed by atoms with Gasteiger partial charge >= 0.3 is 5.97 Å². The molecule has 0 saturated carbocycles. The van der Waals surface area contributed by atoms with Gasteiger partial charge in [-0.05, 0) is 39.7 Å². The molecule has 0 radical (unpaired) electrons. The standard InChI is InChI=1S/C19H25N5O3/c1-5-16(25)24-10-13(7-6-12(24)4)22-19-21-8-14-15(9-20-17(14)23-19)18(26)27-11(2)3/h5,8-9,11-13H,1,6-7,10H2,2-4H3,(H2,20,21,22,23)/t12-,13+/m0/s1. The number of aromatic nitrogens is 3. The minimum atomic E-state index is -0.402. The number of H-pyrrole nitrogens is 1. The Morgan fingerprint density at radius 1 is 1.44 bits per heavy atom. The number of aromatic amines is 1. The lowest BCUT2D eigenvalue weighted by molar-refractivity contribution is -0.129. The van der Waals surface area contributed by atoms with Crippen molar-refractivity contribution in [3.8, 4) is 0 Å². The fourth-order valence-corrected chi connectivity index (χ4v) is 3.25. The molecule has 1 aliphatic rings. The number of nitrogens with one attached hydrogen (secondary N) is 2. The van der Waals surface area contributed by atoms with Crippen molar-refractivity contribution in [1.29, 1.82) is 0 Å². The van der Waals surface area contributed by atoms with Crippen LogP contribution in [-0.4, -0.2) is 56.5 Å². The van der Waals surface area contributed by atoms with Crippen molar-refractivity contribution in [2.24, 2.45) is 0 Å². The van der Waals surface area contributed by atoms with E-state index in [4.69, 9.17) is 4.74 Å². The van der Waals surface area contributed by atoms with Gasteiger partial charge in [0.05, 0.1) is 17.1 Å².